The summed E-state index contributed by atoms with van der Waals surface area (Å²) in [6.07, 6.45) is 1.37. The van der Waals surface area contributed by atoms with E-state index < -0.39 is 18.0 Å². The molecule has 0 fully saturated rings. The quantitative estimate of drug-likeness (QED) is 0.666. The minimum Gasteiger partial charge on any atom is -0.480 e. The van der Waals surface area contributed by atoms with Crippen LogP contribution in [0.1, 0.15) is 6.92 Å². The molecule has 1 rings (SSSR count). The molecule has 0 saturated heterocycles. The summed E-state index contributed by atoms with van der Waals surface area (Å²) in [5.74, 6) is -1.09. The van der Waals surface area contributed by atoms with Crippen molar-refractivity contribution < 1.29 is 14.7 Å². The topological polar surface area (TPSA) is 104 Å². The summed E-state index contributed by atoms with van der Waals surface area (Å²) in [5.41, 5.74) is 0. The lowest BCUT2D eigenvalue weighted by Crippen LogP contribution is -2.40. The number of hydrogen-bond donors (Lipinski definition) is 3. The zero-order valence-corrected chi connectivity index (χ0v) is 8.04. The van der Waals surface area contributed by atoms with Crippen LogP contribution in [0.15, 0.2) is 6.20 Å². The Labute approximate surface area is 83.3 Å². The third-order valence-corrected chi connectivity index (χ3v) is 1.90. The number of hydrogen-bond acceptors (Lipinski definition) is 5. The molecule has 76 valence electrons. The van der Waals surface area contributed by atoms with E-state index in [0.717, 1.165) is 11.5 Å². The molecular formula is C6H8N4O3S. The summed E-state index contributed by atoms with van der Waals surface area (Å²) < 4.78 is 3.52. The highest BCUT2D eigenvalue weighted by Gasteiger charge is 2.13. The zero-order valence-electron chi connectivity index (χ0n) is 7.22. The Kier molecular flexibility index (Phi) is 3.35. The van der Waals surface area contributed by atoms with Crippen LogP contribution in [0.2, 0.25) is 0 Å². The van der Waals surface area contributed by atoms with Crippen LogP contribution in [0, 0.1) is 0 Å². The maximum Gasteiger partial charge on any atom is 0.325 e. The molecule has 1 aromatic heterocycles. The lowest BCUT2D eigenvalue weighted by Gasteiger charge is -2.08. The number of carbonyl (C=O) groups is 2. The van der Waals surface area contributed by atoms with Gasteiger partial charge in [-0.3, -0.25) is 10.1 Å². The molecule has 0 aliphatic rings. The molecule has 14 heavy (non-hydrogen) atoms. The van der Waals surface area contributed by atoms with Crippen molar-refractivity contribution in [3.8, 4) is 0 Å². The molecule has 2 amide bonds. The highest BCUT2D eigenvalue weighted by molar-refractivity contribution is 7.10. The number of aliphatic carboxylic acids is 1. The van der Waals surface area contributed by atoms with Gasteiger partial charge in [-0.25, -0.2) is 4.79 Å². The fourth-order valence-electron chi connectivity index (χ4n) is 0.629. The van der Waals surface area contributed by atoms with Crippen LogP contribution < -0.4 is 10.6 Å². The molecule has 0 radical (unpaired) electrons. The second-order valence-electron chi connectivity index (χ2n) is 2.44. The van der Waals surface area contributed by atoms with E-state index >= 15 is 0 Å². The van der Waals surface area contributed by atoms with E-state index in [1.165, 1.54) is 13.1 Å². The average Bonchev–Trinajstić information content (AvgIpc) is 2.56. The Morgan fingerprint density at radius 3 is 2.86 bits per heavy atom. The summed E-state index contributed by atoms with van der Waals surface area (Å²) in [6.45, 7) is 1.37. The van der Waals surface area contributed by atoms with Gasteiger partial charge < -0.3 is 10.4 Å². The molecule has 0 aliphatic carbocycles. The van der Waals surface area contributed by atoms with Gasteiger partial charge in [0.2, 0.25) is 0 Å². The van der Waals surface area contributed by atoms with Crippen LogP contribution in [0.25, 0.3) is 0 Å². The number of urea groups is 1. The van der Waals surface area contributed by atoms with Gasteiger partial charge in [0.05, 0.1) is 6.20 Å². The number of nitrogens with one attached hydrogen (secondary N) is 2. The fraction of sp³-hybridized carbons (Fsp3) is 0.333. The number of rotatable bonds is 3. The fourth-order valence-corrected chi connectivity index (χ4v) is 1.04. The maximum atomic E-state index is 11.1. The molecule has 0 bridgehead atoms. The van der Waals surface area contributed by atoms with E-state index in [0.29, 0.717) is 5.00 Å². The third-order valence-electron chi connectivity index (χ3n) is 1.32. The summed E-state index contributed by atoms with van der Waals surface area (Å²) in [4.78, 5) is 21.5. The summed E-state index contributed by atoms with van der Waals surface area (Å²) in [6, 6.07) is -1.53. The predicted octanol–water partition coefficient (Wildman–Crippen LogP) is 0.133. The number of aromatic nitrogens is 2. The lowest BCUT2D eigenvalue weighted by atomic mass is 10.3. The highest BCUT2D eigenvalue weighted by Crippen LogP contribution is 2.08. The van der Waals surface area contributed by atoms with Crippen molar-refractivity contribution in [3.63, 3.8) is 0 Å². The zero-order chi connectivity index (χ0) is 10.6. The van der Waals surface area contributed by atoms with Crippen LogP contribution in [-0.2, 0) is 4.79 Å². The van der Waals surface area contributed by atoms with Crippen molar-refractivity contribution in [2.75, 3.05) is 5.32 Å². The summed E-state index contributed by atoms with van der Waals surface area (Å²) >= 11 is 1.01. The molecule has 1 unspecified atom stereocenters. The standard InChI is InChI=1S/C6H8N4O3S/c1-3(5(11)12)8-6(13)9-4-2-7-10-14-4/h2-3H,1H3,(H,11,12)(H2,8,9,13). The van der Waals surface area contributed by atoms with E-state index in [2.05, 4.69) is 20.2 Å². The minimum atomic E-state index is -1.09. The second kappa shape index (κ2) is 4.51. The number of carbonyl (C=O) groups excluding carboxylic acids is 1. The largest absolute Gasteiger partial charge is 0.480 e. The van der Waals surface area contributed by atoms with Gasteiger partial charge in [0.15, 0.2) is 0 Å². The van der Waals surface area contributed by atoms with Crippen molar-refractivity contribution in [2.45, 2.75) is 13.0 Å². The van der Waals surface area contributed by atoms with Gasteiger partial charge in [0.1, 0.15) is 11.0 Å². The van der Waals surface area contributed by atoms with Gasteiger partial charge >= 0.3 is 12.0 Å². The van der Waals surface area contributed by atoms with Gasteiger partial charge in [-0.1, -0.05) is 4.49 Å². The van der Waals surface area contributed by atoms with Gasteiger partial charge in [-0.05, 0) is 6.92 Å². The lowest BCUT2D eigenvalue weighted by molar-refractivity contribution is -0.138. The van der Waals surface area contributed by atoms with Gasteiger partial charge in [-0.2, -0.15) is 0 Å². The Morgan fingerprint density at radius 1 is 1.64 bits per heavy atom. The third kappa shape index (κ3) is 2.98. The molecule has 0 aliphatic heterocycles. The van der Waals surface area contributed by atoms with Crippen molar-refractivity contribution in [2.24, 2.45) is 0 Å². The molecule has 1 heterocycles. The highest BCUT2D eigenvalue weighted by atomic mass is 32.1. The number of amides is 2. The van der Waals surface area contributed by atoms with E-state index in [1.807, 2.05) is 0 Å². The van der Waals surface area contributed by atoms with Crippen molar-refractivity contribution in [3.05, 3.63) is 6.20 Å². The number of nitrogens with zero attached hydrogens (tertiary/aromatic N) is 2. The van der Waals surface area contributed by atoms with Crippen LogP contribution >= 0.6 is 11.5 Å². The molecule has 1 aromatic rings. The first-order valence-corrected chi connectivity index (χ1v) is 4.44. The first-order chi connectivity index (χ1) is 6.59. The Balaban J connectivity index is 2.40. The summed E-state index contributed by atoms with van der Waals surface area (Å²) in [7, 11) is 0. The van der Waals surface area contributed by atoms with E-state index in [4.69, 9.17) is 5.11 Å². The van der Waals surface area contributed by atoms with Crippen LogP contribution in [0.3, 0.4) is 0 Å². The SMILES string of the molecule is CC(NC(=O)Nc1cnns1)C(=O)O. The molecule has 0 spiro atoms. The molecule has 0 aromatic carbocycles. The molecule has 8 heteroatoms. The Hall–Kier alpha value is -1.70. The molecule has 3 N–H and O–H groups in total. The number of carboxylic acids is 1. The maximum absolute atomic E-state index is 11.1. The molecule has 7 nitrogen and oxygen atoms in total. The smallest absolute Gasteiger partial charge is 0.325 e. The van der Waals surface area contributed by atoms with Crippen LogP contribution in [0.5, 0.6) is 0 Å². The first kappa shape index (κ1) is 10.4. The number of carboxylic acid groups (broad SMARTS) is 1. The minimum absolute atomic E-state index is 0.458. The first-order valence-electron chi connectivity index (χ1n) is 3.67. The van der Waals surface area contributed by atoms with Crippen molar-refractivity contribution in [1.29, 1.82) is 0 Å². The Morgan fingerprint density at radius 2 is 2.36 bits per heavy atom. The monoisotopic (exact) mass is 216 g/mol. The predicted molar refractivity (Wildman–Crippen MR) is 49.2 cm³/mol. The van der Waals surface area contributed by atoms with Crippen molar-refractivity contribution in [1.82, 2.24) is 14.9 Å². The summed E-state index contributed by atoms with van der Waals surface area (Å²) in [5, 5.41) is 17.1. The van der Waals surface area contributed by atoms with Gasteiger partial charge in [0, 0.05) is 11.5 Å². The van der Waals surface area contributed by atoms with Gasteiger partial charge in [-0.15, -0.1) is 5.10 Å². The molecular weight excluding hydrogens is 208 g/mol. The second-order valence-corrected chi connectivity index (χ2v) is 3.23. The molecule has 1 atom stereocenters. The van der Waals surface area contributed by atoms with E-state index in [-0.39, 0.29) is 0 Å². The molecule has 0 saturated carbocycles. The van der Waals surface area contributed by atoms with Crippen LogP contribution in [0.4, 0.5) is 9.80 Å². The van der Waals surface area contributed by atoms with Crippen molar-refractivity contribution >= 4 is 28.5 Å². The van der Waals surface area contributed by atoms with Gasteiger partial charge in [0.25, 0.3) is 0 Å². The number of anilines is 1. The normalized spacial score (nSPS) is 11.8. The van der Waals surface area contributed by atoms with E-state index in [1.54, 1.807) is 0 Å². The average molecular weight is 216 g/mol. The van der Waals surface area contributed by atoms with E-state index in [9.17, 15) is 9.59 Å². The Bertz CT molecular complexity index is 326. The van der Waals surface area contributed by atoms with Crippen LogP contribution in [-0.4, -0.2) is 32.7 Å².